The van der Waals surface area contributed by atoms with Crippen molar-refractivity contribution >= 4 is 28.9 Å². The van der Waals surface area contributed by atoms with Crippen molar-refractivity contribution in [2.75, 3.05) is 18.4 Å². The Balaban J connectivity index is 1.56. The number of anilines is 2. The van der Waals surface area contributed by atoms with Crippen molar-refractivity contribution in [3.63, 3.8) is 0 Å². The van der Waals surface area contributed by atoms with Gasteiger partial charge in [-0.15, -0.1) is 11.3 Å². The van der Waals surface area contributed by atoms with E-state index in [-0.39, 0.29) is 18.4 Å². The lowest BCUT2D eigenvalue weighted by atomic mass is 10.1. The smallest absolute Gasteiger partial charge is 0.388 e. The molecule has 1 amide bonds. The van der Waals surface area contributed by atoms with Gasteiger partial charge < -0.3 is 15.3 Å². The Morgan fingerprint density at radius 1 is 1.28 bits per heavy atom. The van der Waals surface area contributed by atoms with Gasteiger partial charge in [0.05, 0.1) is 10.5 Å². The lowest BCUT2D eigenvalue weighted by Crippen LogP contribution is -2.33. The number of benzene rings is 1. The maximum atomic E-state index is 12.9. The number of halogens is 3. The molecule has 7 nitrogen and oxygen atoms in total. The molecule has 0 spiro atoms. The van der Waals surface area contributed by atoms with Gasteiger partial charge in [-0.05, 0) is 49.6 Å². The number of alkyl halides is 3. The fourth-order valence-electron chi connectivity index (χ4n) is 3.46. The molecule has 1 fully saturated rings. The Kier molecular flexibility index (Phi) is 5.63. The second kappa shape index (κ2) is 8.14. The number of carbonyl (C=O) groups is 1. The van der Waals surface area contributed by atoms with Gasteiger partial charge in [0.15, 0.2) is 5.01 Å². The monoisotopic (exact) mass is 463 g/mol. The van der Waals surface area contributed by atoms with Crippen molar-refractivity contribution in [2.45, 2.75) is 32.0 Å². The predicted molar refractivity (Wildman–Crippen MR) is 114 cm³/mol. The molecule has 1 atom stereocenters. The number of likely N-dealkylation sites (tertiary alicyclic amines) is 1. The second-order valence-corrected chi connectivity index (χ2v) is 9.01. The second-order valence-electron chi connectivity index (χ2n) is 7.98. The molecule has 0 saturated carbocycles. The van der Waals surface area contributed by atoms with Gasteiger partial charge in [-0.3, -0.25) is 4.79 Å². The zero-order chi connectivity index (χ0) is 23.1. The van der Waals surface area contributed by atoms with Crippen molar-refractivity contribution in [3.8, 4) is 10.4 Å². The van der Waals surface area contributed by atoms with E-state index in [1.54, 1.807) is 30.2 Å². The lowest BCUT2D eigenvalue weighted by Gasteiger charge is -2.17. The molecule has 1 unspecified atom stereocenters. The Morgan fingerprint density at radius 2 is 2.06 bits per heavy atom. The van der Waals surface area contributed by atoms with Gasteiger partial charge >= 0.3 is 6.18 Å². The third-order valence-corrected chi connectivity index (χ3v) is 6.03. The summed E-state index contributed by atoms with van der Waals surface area (Å²) in [6.45, 7) is 4.27. The first-order chi connectivity index (χ1) is 15.0. The number of aromatic nitrogens is 3. The molecule has 2 aromatic heterocycles. The summed E-state index contributed by atoms with van der Waals surface area (Å²) in [4.78, 5) is 26.7. The van der Waals surface area contributed by atoms with Gasteiger partial charge in [0.1, 0.15) is 5.69 Å². The number of hydrogen-bond donors (Lipinski definition) is 2. The lowest BCUT2D eigenvalue weighted by molar-refractivity contribution is -0.141. The third-order valence-electron chi connectivity index (χ3n) is 4.99. The first-order valence-corrected chi connectivity index (χ1v) is 10.6. The number of rotatable bonds is 4. The first-order valence-electron chi connectivity index (χ1n) is 9.77. The molecule has 1 aromatic carbocycles. The maximum absolute atomic E-state index is 12.9. The van der Waals surface area contributed by atoms with Crippen LogP contribution in [0.15, 0.2) is 36.7 Å². The van der Waals surface area contributed by atoms with E-state index in [0.29, 0.717) is 23.7 Å². The predicted octanol–water partition coefficient (Wildman–Crippen LogP) is 4.27. The highest BCUT2D eigenvalue weighted by atomic mass is 32.1. The standard InChI is InChI=1S/C21H20F3N5O2S/c1-12-7-13(9-14(8-12)27-19-25-5-3-16(28-19)21(22,23)24)15-10-26-17(32-15)18(30)29-6-4-20(2,31)11-29/h3,5,7-10,31H,4,6,11H2,1-2H3,(H,25,27,28). The van der Waals surface area contributed by atoms with Gasteiger partial charge in [-0.1, -0.05) is 6.07 Å². The summed E-state index contributed by atoms with van der Waals surface area (Å²) in [6, 6.07) is 6.19. The van der Waals surface area contributed by atoms with E-state index < -0.39 is 17.5 Å². The number of hydrogen-bond acceptors (Lipinski definition) is 7. The molecule has 2 N–H and O–H groups in total. The van der Waals surface area contributed by atoms with Crippen molar-refractivity contribution < 1.29 is 23.1 Å². The summed E-state index contributed by atoms with van der Waals surface area (Å²) in [5.74, 6) is -0.403. The number of nitrogens with one attached hydrogen (secondary N) is 1. The van der Waals surface area contributed by atoms with E-state index in [0.717, 1.165) is 28.3 Å². The van der Waals surface area contributed by atoms with Crippen LogP contribution in [0, 0.1) is 6.92 Å². The molecule has 4 rings (SSSR count). The van der Waals surface area contributed by atoms with E-state index in [1.807, 2.05) is 13.0 Å². The Morgan fingerprint density at radius 3 is 2.75 bits per heavy atom. The largest absolute Gasteiger partial charge is 0.433 e. The molecule has 1 aliphatic rings. The van der Waals surface area contributed by atoms with Crippen LogP contribution in [-0.2, 0) is 6.18 Å². The molecule has 0 aliphatic carbocycles. The number of nitrogens with zero attached hydrogens (tertiary/aromatic N) is 4. The van der Waals surface area contributed by atoms with Crippen LogP contribution in [0.5, 0.6) is 0 Å². The zero-order valence-electron chi connectivity index (χ0n) is 17.3. The fraction of sp³-hybridized carbons (Fsp3) is 0.333. The van der Waals surface area contributed by atoms with Crippen molar-refractivity contribution in [1.29, 1.82) is 0 Å². The SMILES string of the molecule is Cc1cc(Nc2nccc(C(F)(F)F)n2)cc(-c2cnc(C(=O)N3CCC(C)(O)C3)s2)c1. The third kappa shape index (κ3) is 4.89. The normalized spacial score (nSPS) is 18.8. The molecular weight excluding hydrogens is 443 g/mol. The highest BCUT2D eigenvalue weighted by molar-refractivity contribution is 7.17. The minimum absolute atomic E-state index is 0.169. The molecule has 1 aliphatic heterocycles. The number of carbonyl (C=O) groups excluding carboxylic acids is 1. The summed E-state index contributed by atoms with van der Waals surface area (Å²) in [5.41, 5.74) is 0.196. The highest BCUT2D eigenvalue weighted by Crippen LogP contribution is 2.32. The number of β-amino-alcohol motifs (C(OH)–C–C–N with tert-alkyl or cyclic N) is 1. The summed E-state index contributed by atoms with van der Waals surface area (Å²) in [7, 11) is 0. The van der Waals surface area contributed by atoms with Crippen LogP contribution in [0.3, 0.4) is 0 Å². The number of aryl methyl sites for hydroxylation is 1. The van der Waals surface area contributed by atoms with Crippen molar-refractivity contribution in [1.82, 2.24) is 19.9 Å². The van der Waals surface area contributed by atoms with Gasteiger partial charge in [0, 0.05) is 31.2 Å². The number of aliphatic hydroxyl groups is 1. The summed E-state index contributed by atoms with van der Waals surface area (Å²) in [6.07, 6.45) is -1.41. The van der Waals surface area contributed by atoms with Crippen LogP contribution in [-0.4, -0.2) is 49.6 Å². The number of thiazole rings is 1. The fourth-order valence-corrected chi connectivity index (χ4v) is 4.33. The average Bonchev–Trinajstić information content (AvgIpc) is 3.33. The van der Waals surface area contributed by atoms with Crippen molar-refractivity contribution in [3.05, 3.63) is 52.9 Å². The Hall–Kier alpha value is -3.05. The quantitative estimate of drug-likeness (QED) is 0.601. The first kappa shape index (κ1) is 22.2. The minimum atomic E-state index is -4.56. The van der Waals surface area contributed by atoms with Gasteiger partial charge in [-0.2, -0.15) is 13.2 Å². The molecule has 168 valence electrons. The summed E-state index contributed by atoms with van der Waals surface area (Å²) >= 11 is 1.22. The topological polar surface area (TPSA) is 91.2 Å². The molecule has 3 aromatic rings. The van der Waals surface area contributed by atoms with Crippen molar-refractivity contribution in [2.24, 2.45) is 0 Å². The number of amides is 1. The molecule has 0 radical (unpaired) electrons. The average molecular weight is 463 g/mol. The van der Waals surface area contributed by atoms with E-state index in [1.165, 1.54) is 11.3 Å². The molecule has 3 heterocycles. The van der Waals surface area contributed by atoms with Crippen LogP contribution >= 0.6 is 11.3 Å². The molecule has 32 heavy (non-hydrogen) atoms. The molecule has 1 saturated heterocycles. The van der Waals surface area contributed by atoms with Crippen LogP contribution < -0.4 is 5.32 Å². The zero-order valence-corrected chi connectivity index (χ0v) is 18.1. The molecule has 0 bridgehead atoms. The molecular formula is C21H20F3N5O2S. The minimum Gasteiger partial charge on any atom is -0.388 e. The summed E-state index contributed by atoms with van der Waals surface area (Å²) in [5, 5.41) is 13.2. The van der Waals surface area contributed by atoms with E-state index in [2.05, 4.69) is 20.3 Å². The van der Waals surface area contributed by atoms with Crippen LogP contribution in [0.4, 0.5) is 24.8 Å². The van der Waals surface area contributed by atoms with Gasteiger partial charge in [0.2, 0.25) is 5.95 Å². The maximum Gasteiger partial charge on any atom is 0.433 e. The Bertz CT molecular complexity index is 1160. The van der Waals surface area contributed by atoms with Gasteiger partial charge in [0.25, 0.3) is 5.91 Å². The van der Waals surface area contributed by atoms with Crippen LogP contribution in [0.1, 0.15) is 34.4 Å². The van der Waals surface area contributed by atoms with Crippen LogP contribution in [0.25, 0.3) is 10.4 Å². The van der Waals surface area contributed by atoms with E-state index in [9.17, 15) is 23.1 Å². The van der Waals surface area contributed by atoms with Crippen LogP contribution in [0.2, 0.25) is 0 Å². The van der Waals surface area contributed by atoms with Gasteiger partial charge in [-0.25, -0.2) is 15.0 Å². The summed E-state index contributed by atoms with van der Waals surface area (Å²) < 4.78 is 38.7. The highest BCUT2D eigenvalue weighted by Gasteiger charge is 2.35. The Labute approximate surface area is 186 Å². The van der Waals surface area contributed by atoms with E-state index >= 15 is 0 Å². The molecule has 11 heteroatoms. The van der Waals surface area contributed by atoms with E-state index in [4.69, 9.17) is 0 Å².